The van der Waals surface area contributed by atoms with Crippen LogP contribution in [0.15, 0.2) is 60.7 Å². The smallest absolute Gasteiger partial charge is 0.249 e. The average Bonchev–Trinajstić information content (AvgIpc) is 2.92. The highest BCUT2D eigenvalue weighted by Gasteiger charge is 2.32. The van der Waals surface area contributed by atoms with Crippen molar-refractivity contribution >= 4 is 28.3 Å². The summed E-state index contributed by atoms with van der Waals surface area (Å²) in [7, 11) is 1.74. The number of rotatable bonds is 5. The minimum Gasteiger partial charge on any atom is -0.343 e. The topological polar surface area (TPSA) is 61.4 Å². The Labute approximate surface area is 183 Å². The normalized spacial score (nSPS) is 17.2. The van der Waals surface area contributed by atoms with Gasteiger partial charge in [0.05, 0.1) is 12.6 Å². The zero-order valence-corrected chi connectivity index (χ0v) is 18.3. The molecule has 0 aromatic heterocycles. The summed E-state index contributed by atoms with van der Waals surface area (Å²) in [5.41, 5.74) is 4.35. The number of carbonyl (C=O) groups is 2. The molecule has 2 atom stereocenters. The van der Waals surface area contributed by atoms with E-state index in [1.54, 1.807) is 14.0 Å². The first-order chi connectivity index (χ1) is 15.0. The second-order valence-corrected chi connectivity index (χ2v) is 8.25. The van der Waals surface area contributed by atoms with Gasteiger partial charge in [-0.25, -0.2) is 0 Å². The molecule has 1 aliphatic heterocycles. The largest absolute Gasteiger partial charge is 0.343 e. The highest BCUT2D eigenvalue weighted by atomic mass is 16.2. The molecule has 5 nitrogen and oxygen atoms in total. The average molecular weight is 416 g/mol. The molecule has 0 aliphatic carbocycles. The quantitative estimate of drug-likeness (QED) is 0.668. The van der Waals surface area contributed by atoms with Crippen LogP contribution >= 0.6 is 0 Å². The Morgan fingerprint density at radius 3 is 2.65 bits per heavy atom. The Kier molecular flexibility index (Phi) is 6.05. The first-order valence-electron chi connectivity index (χ1n) is 10.8. The van der Waals surface area contributed by atoms with Crippen LogP contribution in [0.2, 0.25) is 0 Å². The van der Waals surface area contributed by atoms with Crippen molar-refractivity contribution in [1.82, 2.24) is 10.6 Å². The molecule has 1 heterocycles. The van der Waals surface area contributed by atoms with Crippen molar-refractivity contribution in [2.45, 2.75) is 45.3 Å². The van der Waals surface area contributed by atoms with E-state index in [-0.39, 0.29) is 17.9 Å². The maximum Gasteiger partial charge on any atom is 0.249 e. The predicted octanol–water partition coefficient (Wildman–Crippen LogP) is 3.72. The molecule has 1 aliphatic rings. The molecule has 1 unspecified atom stereocenters. The molecule has 0 saturated heterocycles. The molecule has 0 bridgehead atoms. The van der Waals surface area contributed by atoms with Gasteiger partial charge in [0.2, 0.25) is 11.8 Å². The molecular formula is C26H29N3O2. The molecule has 0 spiro atoms. The van der Waals surface area contributed by atoms with E-state index >= 15 is 0 Å². The zero-order chi connectivity index (χ0) is 22.0. The van der Waals surface area contributed by atoms with Gasteiger partial charge in [0.1, 0.15) is 6.04 Å². The maximum atomic E-state index is 13.7. The standard InChI is InChI=1S/C26H29N3O2/c1-17-12-13-19-8-4-6-10-21(19)22(17)16-29-24-11-7-5-9-20(24)14-15-23(26(29)31)28-25(30)18(2)27-3/h4-13,18,23,27H,14-16H2,1-3H3,(H,28,30)/t18-,23?/m0/s1. The van der Waals surface area contributed by atoms with Crippen LogP contribution in [0.3, 0.4) is 0 Å². The van der Waals surface area contributed by atoms with E-state index in [1.165, 1.54) is 0 Å². The summed E-state index contributed by atoms with van der Waals surface area (Å²) in [5, 5.41) is 8.23. The molecule has 3 aromatic rings. The van der Waals surface area contributed by atoms with Crippen molar-refractivity contribution < 1.29 is 9.59 Å². The van der Waals surface area contributed by atoms with Crippen LogP contribution in [0.25, 0.3) is 10.8 Å². The lowest BCUT2D eigenvalue weighted by molar-refractivity contribution is -0.128. The number of anilines is 1. The predicted molar refractivity (Wildman–Crippen MR) is 125 cm³/mol. The minimum absolute atomic E-state index is 0.0612. The fourth-order valence-corrected chi connectivity index (χ4v) is 4.25. The minimum atomic E-state index is -0.550. The van der Waals surface area contributed by atoms with Crippen LogP contribution in [-0.4, -0.2) is 30.9 Å². The summed E-state index contributed by atoms with van der Waals surface area (Å²) in [6.45, 7) is 4.35. The highest BCUT2D eigenvalue weighted by Crippen LogP contribution is 2.31. The van der Waals surface area contributed by atoms with Crippen molar-refractivity contribution in [3.8, 4) is 0 Å². The number of aryl methyl sites for hydroxylation is 2. The summed E-state index contributed by atoms with van der Waals surface area (Å²) in [5.74, 6) is -0.220. The maximum absolute atomic E-state index is 13.7. The van der Waals surface area contributed by atoms with Crippen LogP contribution in [0.1, 0.15) is 30.0 Å². The zero-order valence-electron chi connectivity index (χ0n) is 18.3. The third kappa shape index (κ3) is 4.19. The fraction of sp³-hybridized carbons (Fsp3) is 0.308. The van der Waals surface area contributed by atoms with Gasteiger partial charge in [0.25, 0.3) is 0 Å². The Morgan fingerprint density at radius 2 is 1.84 bits per heavy atom. The Bertz CT molecular complexity index is 1120. The lowest BCUT2D eigenvalue weighted by atomic mass is 9.99. The third-order valence-electron chi connectivity index (χ3n) is 6.28. The first-order valence-corrected chi connectivity index (χ1v) is 10.8. The van der Waals surface area contributed by atoms with Gasteiger partial charge in [0, 0.05) is 5.69 Å². The molecule has 4 rings (SSSR count). The molecule has 3 aromatic carbocycles. The first kappa shape index (κ1) is 21.1. The fourth-order valence-electron chi connectivity index (χ4n) is 4.25. The Balaban J connectivity index is 1.74. The number of para-hydroxylation sites is 1. The lowest BCUT2D eigenvalue weighted by Gasteiger charge is -2.28. The van der Waals surface area contributed by atoms with Gasteiger partial charge < -0.3 is 15.5 Å². The second-order valence-electron chi connectivity index (χ2n) is 8.25. The molecule has 0 saturated carbocycles. The lowest BCUT2D eigenvalue weighted by Crippen LogP contribution is -2.52. The summed E-state index contributed by atoms with van der Waals surface area (Å²) in [6, 6.07) is 19.7. The number of carbonyl (C=O) groups excluding carboxylic acids is 2. The molecule has 2 N–H and O–H groups in total. The number of nitrogens with one attached hydrogen (secondary N) is 2. The van der Waals surface area contributed by atoms with E-state index in [2.05, 4.69) is 47.9 Å². The molecule has 5 heteroatoms. The van der Waals surface area contributed by atoms with Gasteiger partial charge in [0.15, 0.2) is 0 Å². The number of hydrogen-bond donors (Lipinski definition) is 2. The number of benzene rings is 3. The molecule has 0 fully saturated rings. The van der Waals surface area contributed by atoms with Crippen LogP contribution in [0, 0.1) is 6.92 Å². The highest BCUT2D eigenvalue weighted by molar-refractivity contribution is 6.01. The van der Waals surface area contributed by atoms with Gasteiger partial charge in [-0.3, -0.25) is 9.59 Å². The van der Waals surface area contributed by atoms with Gasteiger partial charge in [-0.15, -0.1) is 0 Å². The molecular weight excluding hydrogens is 386 g/mol. The van der Waals surface area contributed by atoms with Crippen molar-refractivity contribution in [3.63, 3.8) is 0 Å². The molecule has 31 heavy (non-hydrogen) atoms. The summed E-state index contributed by atoms with van der Waals surface area (Å²) in [6.07, 6.45) is 1.33. The summed E-state index contributed by atoms with van der Waals surface area (Å²) < 4.78 is 0. The molecule has 2 amide bonds. The van der Waals surface area contributed by atoms with Crippen LogP contribution in [0.4, 0.5) is 5.69 Å². The van der Waals surface area contributed by atoms with Gasteiger partial charge in [-0.2, -0.15) is 0 Å². The Hall–Kier alpha value is -3.18. The molecule has 0 radical (unpaired) electrons. The number of likely N-dealkylation sites (N-methyl/N-ethyl adjacent to an activating group) is 1. The number of fused-ring (bicyclic) bond motifs is 2. The van der Waals surface area contributed by atoms with Crippen molar-refractivity contribution in [3.05, 3.63) is 77.4 Å². The molecule has 160 valence electrons. The number of nitrogens with zero attached hydrogens (tertiary/aromatic N) is 1. The van der Waals surface area contributed by atoms with Crippen LogP contribution in [-0.2, 0) is 22.6 Å². The third-order valence-corrected chi connectivity index (χ3v) is 6.28. The SMILES string of the molecule is CN[C@@H](C)C(=O)NC1CCc2ccccc2N(Cc2c(C)ccc3ccccc23)C1=O. The summed E-state index contributed by atoms with van der Waals surface area (Å²) in [4.78, 5) is 28.1. The van der Waals surface area contributed by atoms with E-state index in [0.29, 0.717) is 13.0 Å². The number of amides is 2. The van der Waals surface area contributed by atoms with E-state index in [9.17, 15) is 9.59 Å². The van der Waals surface area contributed by atoms with Gasteiger partial charge >= 0.3 is 0 Å². The van der Waals surface area contributed by atoms with E-state index in [0.717, 1.165) is 39.6 Å². The van der Waals surface area contributed by atoms with E-state index < -0.39 is 6.04 Å². The van der Waals surface area contributed by atoms with Crippen molar-refractivity contribution in [2.75, 3.05) is 11.9 Å². The van der Waals surface area contributed by atoms with E-state index in [1.807, 2.05) is 35.2 Å². The second kappa shape index (κ2) is 8.90. The van der Waals surface area contributed by atoms with Crippen molar-refractivity contribution in [1.29, 1.82) is 0 Å². The van der Waals surface area contributed by atoms with E-state index in [4.69, 9.17) is 0 Å². The van der Waals surface area contributed by atoms with Gasteiger partial charge in [-0.05, 0) is 67.3 Å². The van der Waals surface area contributed by atoms with Crippen molar-refractivity contribution in [2.24, 2.45) is 0 Å². The monoisotopic (exact) mass is 415 g/mol. The van der Waals surface area contributed by atoms with Gasteiger partial charge in [-0.1, -0.05) is 54.6 Å². The number of hydrogen-bond acceptors (Lipinski definition) is 3. The Morgan fingerprint density at radius 1 is 1.10 bits per heavy atom. The summed E-state index contributed by atoms with van der Waals surface area (Å²) >= 11 is 0. The van der Waals surface area contributed by atoms with Crippen LogP contribution in [0.5, 0.6) is 0 Å². The van der Waals surface area contributed by atoms with Crippen LogP contribution < -0.4 is 15.5 Å².